The van der Waals surface area contributed by atoms with Crippen LogP contribution in [-0.4, -0.2) is 28.0 Å². The molecule has 4 aromatic rings. The molecular formula is C26H22Cl2N2O3. The van der Waals surface area contributed by atoms with E-state index < -0.39 is 11.9 Å². The summed E-state index contributed by atoms with van der Waals surface area (Å²) in [5.41, 5.74) is 5.53. The van der Waals surface area contributed by atoms with Crippen LogP contribution in [0, 0.1) is 6.92 Å². The smallest absolute Gasteiger partial charge is 0.310 e. The number of rotatable bonds is 6. The van der Waals surface area contributed by atoms with E-state index in [1.165, 1.54) is 0 Å². The first-order valence-electron chi connectivity index (χ1n) is 10.3. The molecule has 0 aliphatic carbocycles. The van der Waals surface area contributed by atoms with Crippen LogP contribution in [0.5, 0.6) is 5.75 Å². The molecular weight excluding hydrogens is 459 g/mol. The molecule has 168 valence electrons. The van der Waals surface area contributed by atoms with Gasteiger partial charge in [0, 0.05) is 11.1 Å². The maximum Gasteiger partial charge on any atom is 0.310 e. The molecule has 0 fully saturated rings. The van der Waals surface area contributed by atoms with Crippen molar-refractivity contribution in [3.8, 4) is 34.0 Å². The minimum absolute atomic E-state index is 0.439. The molecule has 0 aliphatic rings. The minimum atomic E-state index is -0.884. The largest absolute Gasteiger partial charge is 0.497 e. The van der Waals surface area contributed by atoms with Gasteiger partial charge in [-0.05, 0) is 67.4 Å². The van der Waals surface area contributed by atoms with E-state index in [-0.39, 0.29) is 0 Å². The third-order valence-corrected chi connectivity index (χ3v) is 6.38. The van der Waals surface area contributed by atoms with Gasteiger partial charge in [0.1, 0.15) is 5.75 Å². The molecule has 0 saturated carbocycles. The van der Waals surface area contributed by atoms with Crippen LogP contribution in [0.15, 0.2) is 66.7 Å². The molecule has 1 heterocycles. The quantitative estimate of drug-likeness (QED) is 0.322. The molecule has 4 rings (SSSR count). The van der Waals surface area contributed by atoms with E-state index in [1.807, 2.05) is 66.2 Å². The van der Waals surface area contributed by atoms with Crippen LogP contribution in [0.4, 0.5) is 0 Å². The Kier molecular flexibility index (Phi) is 6.45. The predicted molar refractivity (Wildman–Crippen MR) is 132 cm³/mol. The molecule has 3 aromatic carbocycles. The number of carboxylic acids is 1. The summed E-state index contributed by atoms with van der Waals surface area (Å²) in [5.74, 6) is -0.830. The number of methoxy groups -OCH3 is 1. The molecule has 0 bridgehead atoms. The van der Waals surface area contributed by atoms with Gasteiger partial charge in [0.15, 0.2) is 0 Å². The molecule has 0 radical (unpaired) electrons. The van der Waals surface area contributed by atoms with Crippen molar-refractivity contribution in [2.24, 2.45) is 0 Å². The number of nitrogens with zero attached hydrogens (tertiary/aromatic N) is 2. The first-order valence-corrected chi connectivity index (χ1v) is 11.1. The SMILES string of the molecule is COc1ccc(-n2nc(-c3cccc(C)c3[C@H](C)C(=O)O)cc2-c2ccc(Cl)c(Cl)c2)cc1. The predicted octanol–water partition coefficient (Wildman–Crippen LogP) is 7.02. The van der Waals surface area contributed by atoms with Gasteiger partial charge in [-0.2, -0.15) is 5.10 Å². The summed E-state index contributed by atoms with van der Waals surface area (Å²) in [6.45, 7) is 3.60. The van der Waals surface area contributed by atoms with Crippen LogP contribution in [-0.2, 0) is 4.79 Å². The molecule has 1 atom stereocenters. The van der Waals surface area contributed by atoms with E-state index in [0.717, 1.165) is 39.4 Å². The maximum atomic E-state index is 11.8. The number of halogens is 2. The van der Waals surface area contributed by atoms with Gasteiger partial charge in [-0.1, -0.05) is 47.5 Å². The van der Waals surface area contributed by atoms with Gasteiger partial charge in [0.25, 0.3) is 0 Å². The number of aliphatic carboxylic acids is 1. The van der Waals surface area contributed by atoms with Gasteiger partial charge < -0.3 is 9.84 Å². The standard InChI is InChI=1S/C26H22Cl2N2O3/c1-15-5-4-6-20(25(15)16(2)26(31)32)23-14-24(17-7-12-21(27)22(28)13-17)30(29-23)18-8-10-19(33-3)11-9-18/h4-14,16H,1-3H3,(H,31,32)/t16-/m0/s1. The Morgan fingerprint density at radius 1 is 1.03 bits per heavy atom. The van der Waals surface area contributed by atoms with Crippen LogP contribution in [0.3, 0.4) is 0 Å². The van der Waals surface area contributed by atoms with Crippen molar-refractivity contribution in [2.75, 3.05) is 7.11 Å². The van der Waals surface area contributed by atoms with Crippen LogP contribution < -0.4 is 4.74 Å². The Hall–Kier alpha value is -3.28. The second-order valence-corrected chi connectivity index (χ2v) is 8.56. The topological polar surface area (TPSA) is 64.4 Å². The first kappa shape index (κ1) is 22.9. The number of hydrogen-bond acceptors (Lipinski definition) is 3. The summed E-state index contributed by atoms with van der Waals surface area (Å²) in [4.78, 5) is 11.8. The van der Waals surface area contributed by atoms with Gasteiger partial charge in [0.2, 0.25) is 0 Å². The Labute approximate surface area is 202 Å². The first-order chi connectivity index (χ1) is 15.8. The Morgan fingerprint density at radius 2 is 1.76 bits per heavy atom. The molecule has 0 amide bonds. The van der Waals surface area contributed by atoms with E-state index in [4.69, 9.17) is 33.0 Å². The number of carbonyl (C=O) groups is 1. The maximum absolute atomic E-state index is 11.8. The molecule has 7 heteroatoms. The van der Waals surface area contributed by atoms with Crippen molar-refractivity contribution in [3.05, 3.63) is 87.9 Å². The fourth-order valence-corrected chi connectivity index (χ4v) is 4.19. The normalized spacial score (nSPS) is 11.9. The minimum Gasteiger partial charge on any atom is -0.497 e. The lowest BCUT2D eigenvalue weighted by molar-refractivity contribution is -0.138. The summed E-state index contributed by atoms with van der Waals surface area (Å²) < 4.78 is 7.10. The number of benzene rings is 3. The van der Waals surface area contributed by atoms with Crippen LogP contribution in [0.1, 0.15) is 24.0 Å². The fourth-order valence-electron chi connectivity index (χ4n) is 3.90. The van der Waals surface area contributed by atoms with Crippen LogP contribution in [0.25, 0.3) is 28.2 Å². The van der Waals surface area contributed by atoms with E-state index in [2.05, 4.69) is 0 Å². The highest BCUT2D eigenvalue weighted by atomic mass is 35.5. The second kappa shape index (κ2) is 9.30. The Bertz CT molecular complexity index is 1330. The van der Waals surface area contributed by atoms with Crippen molar-refractivity contribution in [2.45, 2.75) is 19.8 Å². The Balaban J connectivity index is 1.95. The van der Waals surface area contributed by atoms with Gasteiger partial charge in [-0.25, -0.2) is 4.68 Å². The molecule has 0 spiro atoms. The average molecular weight is 481 g/mol. The van der Waals surface area contributed by atoms with E-state index in [1.54, 1.807) is 26.2 Å². The highest BCUT2D eigenvalue weighted by Crippen LogP contribution is 2.36. The summed E-state index contributed by atoms with van der Waals surface area (Å²) >= 11 is 12.4. The molecule has 0 aliphatic heterocycles. The zero-order valence-electron chi connectivity index (χ0n) is 18.3. The zero-order chi connectivity index (χ0) is 23.7. The van der Waals surface area contributed by atoms with Crippen molar-refractivity contribution in [3.63, 3.8) is 0 Å². The molecule has 1 aromatic heterocycles. The molecule has 5 nitrogen and oxygen atoms in total. The van der Waals surface area contributed by atoms with Gasteiger partial charge in [0.05, 0.1) is 40.1 Å². The van der Waals surface area contributed by atoms with Gasteiger partial charge >= 0.3 is 5.97 Å². The number of hydrogen-bond donors (Lipinski definition) is 1. The van der Waals surface area contributed by atoms with Gasteiger partial charge in [-0.15, -0.1) is 0 Å². The number of aryl methyl sites for hydroxylation is 1. The lowest BCUT2D eigenvalue weighted by Crippen LogP contribution is -2.10. The third-order valence-electron chi connectivity index (χ3n) is 5.65. The van der Waals surface area contributed by atoms with E-state index in [0.29, 0.717) is 15.7 Å². The van der Waals surface area contributed by atoms with Crippen molar-refractivity contribution in [1.29, 1.82) is 0 Å². The van der Waals surface area contributed by atoms with Crippen LogP contribution >= 0.6 is 23.2 Å². The number of carboxylic acid groups (broad SMARTS) is 1. The highest BCUT2D eigenvalue weighted by Gasteiger charge is 2.23. The Morgan fingerprint density at radius 3 is 2.39 bits per heavy atom. The number of ether oxygens (including phenoxy) is 1. The molecule has 1 N–H and O–H groups in total. The van der Waals surface area contributed by atoms with Crippen molar-refractivity contribution >= 4 is 29.2 Å². The van der Waals surface area contributed by atoms with E-state index in [9.17, 15) is 9.90 Å². The summed E-state index contributed by atoms with van der Waals surface area (Å²) in [6.07, 6.45) is 0. The van der Waals surface area contributed by atoms with Crippen molar-refractivity contribution < 1.29 is 14.6 Å². The highest BCUT2D eigenvalue weighted by molar-refractivity contribution is 6.42. The molecule has 0 saturated heterocycles. The van der Waals surface area contributed by atoms with Crippen molar-refractivity contribution in [1.82, 2.24) is 9.78 Å². The lowest BCUT2D eigenvalue weighted by Gasteiger charge is -2.15. The molecule has 33 heavy (non-hydrogen) atoms. The summed E-state index contributed by atoms with van der Waals surface area (Å²) in [6, 6.07) is 20.6. The zero-order valence-corrected chi connectivity index (χ0v) is 19.9. The average Bonchev–Trinajstić information content (AvgIpc) is 3.25. The second-order valence-electron chi connectivity index (χ2n) is 7.75. The fraction of sp³-hybridized carbons (Fsp3) is 0.154. The summed E-state index contributed by atoms with van der Waals surface area (Å²) in [5, 5.41) is 15.5. The third kappa shape index (κ3) is 4.47. The van der Waals surface area contributed by atoms with E-state index >= 15 is 0 Å². The van der Waals surface area contributed by atoms with Crippen LogP contribution in [0.2, 0.25) is 10.0 Å². The summed E-state index contributed by atoms with van der Waals surface area (Å²) in [7, 11) is 1.62. The van der Waals surface area contributed by atoms with Gasteiger partial charge in [-0.3, -0.25) is 4.79 Å². The monoisotopic (exact) mass is 480 g/mol. The number of aromatic nitrogens is 2. The lowest BCUT2D eigenvalue weighted by atomic mass is 9.90. The molecule has 0 unspecified atom stereocenters.